The lowest BCUT2D eigenvalue weighted by atomic mass is 9.97. The number of aromatic nitrogens is 3. The van der Waals surface area contributed by atoms with Crippen LogP contribution in [0.5, 0.6) is 5.75 Å². The van der Waals surface area contributed by atoms with Gasteiger partial charge in [0.25, 0.3) is 5.91 Å². The normalized spacial score (nSPS) is 16.9. The summed E-state index contributed by atoms with van der Waals surface area (Å²) in [4.78, 5) is 18.5. The molecule has 4 rings (SSSR count). The van der Waals surface area contributed by atoms with Crippen molar-refractivity contribution >= 4 is 5.91 Å². The number of hydrogen-bond donors (Lipinski definition) is 0. The number of piperidine rings is 1. The summed E-state index contributed by atoms with van der Waals surface area (Å²) < 4.78 is 11.2. The van der Waals surface area contributed by atoms with Crippen molar-refractivity contribution in [1.29, 1.82) is 0 Å². The van der Waals surface area contributed by atoms with Gasteiger partial charge in [-0.2, -0.15) is 0 Å². The summed E-state index contributed by atoms with van der Waals surface area (Å²) in [7, 11) is 1.62. The molecule has 0 spiro atoms. The zero-order valence-electron chi connectivity index (χ0n) is 15.0. The standard InChI is InChI=1S/C20H20N4O3/c1-26-17-8-2-5-14(11-17)18-22-23-19(27-18)16-7-4-10-24(13-16)20(25)15-6-3-9-21-12-15/h2-3,5-6,8-9,11-12,16H,4,7,10,13H2,1H3/t16-/m1/s1. The Kier molecular flexibility index (Phi) is 4.82. The summed E-state index contributed by atoms with van der Waals surface area (Å²) in [5.41, 5.74) is 1.41. The van der Waals surface area contributed by atoms with Crippen molar-refractivity contribution in [3.05, 3.63) is 60.2 Å². The number of carbonyl (C=O) groups is 1. The molecule has 1 fully saturated rings. The van der Waals surface area contributed by atoms with Gasteiger partial charge in [-0.3, -0.25) is 9.78 Å². The third kappa shape index (κ3) is 3.67. The summed E-state index contributed by atoms with van der Waals surface area (Å²) >= 11 is 0. The van der Waals surface area contributed by atoms with Crippen molar-refractivity contribution in [3.8, 4) is 17.2 Å². The van der Waals surface area contributed by atoms with Crippen LogP contribution in [0.4, 0.5) is 0 Å². The Morgan fingerprint density at radius 1 is 1.26 bits per heavy atom. The van der Waals surface area contributed by atoms with Crippen LogP contribution < -0.4 is 4.74 Å². The zero-order valence-corrected chi connectivity index (χ0v) is 15.0. The first-order valence-corrected chi connectivity index (χ1v) is 8.91. The molecule has 3 heterocycles. The van der Waals surface area contributed by atoms with E-state index in [-0.39, 0.29) is 11.8 Å². The average molecular weight is 364 g/mol. The van der Waals surface area contributed by atoms with Crippen LogP contribution in [0.15, 0.2) is 53.2 Å². The van der Waals surface area contributed by atoms with E-state index in [1.807, 2.05) is 29.2 Å². The molecule has 1 aliphatic heterocycles. The quantitative estimate of drug-likeness (QED) is 0.707. The molecule has 27 heavy (non-hydrogen) atoms. The molecule has 2 aromatic heterocycles. The Bertz CT molecular complexity index is 926. The molecule has 7 nitrogen and oxygen atoms in total. The highest BCUT2D eigenvalue weighted by Gasteiger charge is 2.29. The van der Waals surface area contributed by atoms with Gasteiger partial charge in [0.1, 0.15) is 5.75 Å². The highest BCUT2D eigenvalue weighted by Crippen LogP contribution is 2.30. The molecule has 1 atom stereocenters. The predicted octanol–water partition coefficient (Wildman–Crippen LogP) is 3.16. The number of benzene rings is 1. The van der Waals surface area contributed by atoms with Crippen molar-refractivity contribution < 1.29 is 13.9 Å². The predicted molar refractivity (Wildman–Crippen MR) is 98.4 cm³/mol. The molecule has 1 saturated heterocycles. The van der Waals surface area contributed by atoms with Gasteiger partial charge in [0.2, 0.25) is 11.8 Å². The van der Waals surface area contributed by atoms with Crippen molar-refractivity contribution in [2.24, 2.45) is 0 Å². The lowest BCUT2D eigenvalue weighted by molar-refractivity contribution is 0.0698. The van der Waals surface area contributed by atoms with E-state index in [0.717, 1.165) is 30.7 Å². The maximum absolute atomic E-state index is 12.7. The molecule has 1 amide bonds. The number of likely N-dealkylation sites (tertiary alicyclic amines) is 1. The molecule has 1 aliphatic rings. The van der Waals surface area contributed by atoms with Crippen LogP contribution in [0, 0.1) is 0 Å². The molecule has 0 aliphatic carbocycles. The number of methoxy groups -OCH3 is 1. The SMILES string of the molecule is COc1cccc(-c2nnc([C@@H]3CCCN(C(=O)c4cccnc4)C3)o2)c1. The molecule has 3 aromatic rings. The maximum atomic E-state index is 12.7. The highest BCUT2D eigenvalue weighted by molar-refractivity contribution is 5.93. The van der Waals surface area contributed by atoms with Gasteiger partial charge in [0, 0.05) is 31.0 Å². The van der Waals surface area contributed by atoms with Gasteiger partial charge < -0.3 is 14.1 Å². The van der Waals surface area contributed by atoms with Gasteiger partial charge in [0.15, 0.2) is 0 Å². The fourth-order valence-corrected chi connectivity index (χ4v) is 3.31. The number of rotatable bonds is 4. The second-order valence-electron chi connectivity index (χ2n) is 6.51. The smallest absolute Gasteiger partial charge is 0.255 e. The molecule has 138 valence electrons. The lowest BCUT2D eigenvalue weighted by Gasteiger charge is -2.31. The number of nitrogens with zero attached hydrogens (tertiary/aromatic N) is 4. The second-order valence-corrected chi connectivity index (χ2v) is 6.51. The monoisotopic (exact) mass is 364 g/mol. The molecule has 0 saturated carbocycles. The van der Waals surface area contributed by atoms with E-state index < -0.39 is 0 Å². The number of carbonyl (C=O) groups excluding carboxylic acids is 1. The first-order chi connectivity index (χ1) is 13.2. The van der Waals surface area contributed by atoms with E-state index in [1.54, 1.807) is 31.6 Å². The summed E-state index contributed by atoms with van der Waals surface area (Å²) in [6.45, 7) is 1.29. The van der Waals surface area contributed by atoms with E-state index >= 15 is 0 Å². The molecule has 0 bridgehead atoms. The minimum Gasteiger partial charge on any atom is -0.497 e. The summed E-state index contributed by atoms with van der Waals surface area (Å²) in [5.74, 6) is 1.78. The van der Waals surface area contributed by atoms with Crippen LogP contribution in [-0.2, 0) is 0 Å². The van der Waals surface area contributed by atoms with Crippen molar-refractivity contribution in [2.75, 3.05) is 20.2 Å². The van der Waals surface area contributed by atoms with Crippen molar-refractivity contribution in [2.45, 2.75) is 18.8 Å². The second kappa shape index (κ2) is 7.57. The van der Waals surface area contributed by atoms with Gasteiger partial charge in [-0.25, -0.2) is 0 Å². The maximum Gasteiger partial charge on any atom is 0.255 e. The Morgan fingerprint density at radius 3 is 3.00 bits per heavy atom. The van der Waals surface area contributed by atoms with E-state index in [4.69, 9.17) is 9.15 Å². The van der Waals surface area contributed by atoms with Gasteiger partial charge in [0.05, 0.1) is 18.6 Å². The Labute approximate surface area is 157 Å². The van der Waals surface area contributed by atoms with E-state index in [1.165, 1.54) is 0 Å². The minimum atomic E-state index is -0.0136. The minimum absolute atomic E-state index is 0.0136. The third-order valence-electron chi connectivity index (χ3n) is 4.72. The summed E-state index contributed by atoms with van der Waals surface area (Å²) in [6, 6.07) is 11.1. The van der Waals surface area contributed by atoms with Gasteiger partial charge in [-0.05, 0) is 43.2 Å². The number of hydrogen-bond acceptors (Lipinski definition) is 6. The Hall–Kier alpha value is -3.22. The van der Waals surface area contributed by atoms with Crippen LogP contribution >= 0.6 is 0 Å². The topological polar surface area (TPSA) is 81.4 Å². The first-order valence-electron chi connectivity index (χ1n) is 8.91. The molecular weight excluding hydrogens is 344 g/mol. The fourth-order valence-electron chi connectivity index (χ4n) is 3.31. The fraction of sp³-hybridized carbons (Fsp3) is 0.300. The van der Waals surface area contributed by atoms with Crippen LogP contribution in [0.2, 0.25) is 0 Å². The van der Waals surface area contributed by atoms with Crippen LogP contribution in [0.1, 0.15) is 35.0 Å². The number of amides is 1. The summed E-state index contributed by atoms with van der Waals surface area (Å²) in [5, 5.41) is 8.41. The molecule has 0 unspecified atom stereocenters. The van der Waals surface area contributed by atoms with Crippen LogP contribution in [0.3, 0.4) is 0 Å². The van der Waals surface area contributed by atoms with Gasteiger partial charge in [-0.15, -0.1) is 10.2 Å². The summed E-state index contributed by atoms with van der Waals surface area (Å²) in [6.07, 6.45) is 5.07. The lowest BCUT2D eigenvalue weighted by Crippen LogP contribution is -2.39. The molecule has 7 heteroatoms. The number of pyridine rings is 1. The van der Waals surface area contributed by atoms with Crippen molar-refractivity contribution in [1.82, 2.24) is 20.1 Å². The first kappa shape index (κ1) is 17.2. The molecular formula is C20H20N4O3. The third-order valence-corrected chi connectivity index (χ3v) is 4.72. The van der Waals surface area contributed by atoms with E-state index in [0.29, 0.717) is 23.9 Å². The van der Waals surface area contributed by atoms with E-state index in [9.17, 15) is 4.79 Å². The molecule has 1 aromatic carbocycles. The largest absolute Gasteiger partial charge is 0.497 e. The molecule has 0 N–H and O–H groups in total. The van der Waals surface area contributed by atoms with Gasteiger partial charge >= 0.3 is 0 Å². The Balaban J connectivity index is 1.50. The number of ether oxygens (including phenoxy) is 1. The molecule has 0 radical (unpaired) electrons. The van der Waals surface area contributed by atoms with Gasteiger partial charge in [-0.1, -0.05) is 6.07 Å². The van der Waals surface area contributed by atoms with Crippen LogP contribution in [0.25, 0.3) is 11.5 Å². The van der Waals surface area contributed by atoms with Crippen molar-refractivity contribution in [3.63, 3.8) is 0 Å². The Morgan fingerprint density at radius 2 is 2.19 bits per heavy atom. The van der Waals surface area contributed by atoms with Crippen LogP contribution in [-0.4, -0.2) is 46.2 Å². The van der Waals surface area contributed by atoms with E-state index in [2.05, 4.69) is 15.2 Å². The highest BCUT2D eigenvalue weighted by atomic mass is 16.5. The average Bonchev–Trinajstić information content (AvgIpc) is 3.24. The zero-order chi connectivity index (χ0) is 18.6.